The molecular weight excluding hydrogens is 153 g/mol. The first-order chi connectivity index (χ1) is 5.68. The zero-order valence-corrected chi connectivity index (χ0v) is 7.10. The molecule has 0 bridgehead atoms. The second-order valence-corrected chi connectivity index (χ2v) is 3.51. The Labute approximate surface area is 71.4 Å². The average Bonchev–Trinajstić information content (AvgIpc) is 2.68. The lowest BCUT2D eigenvalue weighted by atomic mass is 10.0. The number of nitrogen functional groups attached to an aromatic ring is 1. The van der Waals surface area contributed by atoms with E-state index in [2.05, 4.69) is 0 Å². The Morgan fingerprint density at radius 3 is 2.58 bits per heavy atom. The highest BCUT2D eigenvalue weighted by Gasteiger charge is 2.28. The molecule has 1 nitrogen and oxygen atoms in total. The first-order valence-corrected chi connectivity index (χ1v) is 4.24. The van der Waals surface area contributed by atoms with Crippen LogP contribution in [0.5, 0.6) is 0 Å². The van der Waals surface area contributed by atoms with Gasteiger partial charge in [-0.25, -0.2) is 4.39 Å². The molecule has 1 aromatic carbocycles. The third-order valence-electron chi connectivity index (χ3n) is 2.34. The minimum absolute atomic E-state index is 0.130. The number of anilines is 1. The van der Waals surface area contributed by atoms with Gasteiger partial charge in [0.05, 0.1) is 0 Å². The standard InChI is InChI=1S/C10H12FN/c1-6-4-8(12)5-9(11)10(6)7-2-3-7/h4-5,7H,2-3,12H2,1H3. The second-order valence-electron chi connectivity index (χ2n) is 3.51. The number of aryl methyl sites for hydroxylation is 1. The van der Waals surface area contributed by atoms with Crippen LogP contribution in [0.2, 0.25) is 0 Å². The van der Waals surface area contributed by atoms with Crippen molar-refractivity contribution in [2.75, 3.05) is 5.73 Å². The van der Waals surface area contributed by atoms with Crippen molar-refractivity contribution >= 4 is 5.69 Å². The summed E-state index contributed by atoms with van der Waals surface area (Å²) < 4.78 is 13.3. The predicted octanol–water partition coefficient (Wildman–Crippen LogP) is 2.59. The van der Waals surface area contributed by atoms with Gasteiger partial charge in [0.2, 0.25) is 0 Å². The molecule has 1 aliphatic rings. The van der Waals surface area contributed by atoms with Crippen LogP contribution in [0, 0.1) is 12.7 Å². The molecule has 12 heavy (non-hydrogen) atoms. The molecule has 0 radical (unpaired) electrons. The highest BCUT2D eigenvalue weighted by atomic mass is 19.1. The minimum Gasteiger partial charge on any atom is -0.399 e. The molecule has 1 saturated carbocycles. The van der Waals surface area contributed by atoms with E-state index in [1.807, 2.05) is 13.0 Å². The van der Waals surface area contributed by atoms with Crippen LogP contribution in [0.1, 0.15) is 29.9 Å². The van der Waals surface area contributed by atoms with Crippen molar-refractivity contribution < 1.29 is 4.39 Å². The Kier molecular flexibility index (Phi) is 1.56. The van der Waals surface area contributed by atoms with Gasteiger partial charge in [-0.3, -0.25) is 0 Å². The zero-order chi connectivity index (χ0) is 8.72. The fraction of sp³-hybridized carbons (Fsp3) is 0.400. The Morgan fingerprint density at radius 2 is 2.08 bits per heavy atom. The van der Waals surface area contributed by atoms with Gasteiger partial charge in [0.25, 0.3) is 0 Å². The lowest BCUT2D eigenvalue weighted by molar-refractivity contribution is 0.609. The average molecular weight is 165 g/mol. The first-order valence-electron chi connectivity index (χ1n) is 4.24. The van der Waals surface area contributed by atoms with Gasteiger partial charge in [-0.2, -0.15) is 0 Å². The normalized spacial score (nSPS) is 16.5. The number of rotatable bonds is 1. The molecule has 1 aliphatic carbocycles. The van der Waals surface area contributed by atoms with Crippen LogP contribution in [0.25, 0.3) is 0 Å². The summed E-state index contributed by atoms with van der Waals surface area (Å²) in [6.07, 6.45) is 2.25. The van der Waals surface area contributed by atoms with Crippen LogP contribution in [0.4, 0.5) is 10.1 Å². The SMILES string of the molecule is Cc1cc(N)cc(F)c1C1CC1. The van der Waals surface area contributed by atoms with E-state index in [-0.39, 0.29) is 5.82 Å². The molecule has 64 valence electrons. The Balaban J connectivity index is 2.51. The largest absolute Gasteiger partial charge is 0.399 e. The summed E-state index contributed by atoms with van der Waals surface area (Å²) in [5.41, 5.74) is 7.91. The topological polar surface area (TPSA) is 26.0 Å². The van der Waals surface area contributed by atoms with Gasteiger partial charge in [-0.05, 0) is 48.9 Å². The molecule has 0 atom stereocenters. The lowest BCUT2D eigenvalue weighted by Crippen LogP contribution is -1.95. The molecule has 1 fully saturated rings. The summed E-state index contributed by atoms with van der Waals surface area (Å²) >= 11 is 0. The van der Waals surface area contributed by atoms with Crippen molar-refractivity contribution in [2.45, 2.75) is 25.7 Å². The molecule has 1 aromatic rings. The van der Waals surface area contributed by atoms with E-state index in [0.717, 1.165) is 24.0 Å². The molecule has 0 saturated heterocycles. The molecule has 0 amide bonds. The monoisotopic (exact) mass is 165 g/mol. The van der Waals surface area contributed by atoms with Crippen LogP contribution in [0.15, 0.2) is 12.1 Å². The maximum Gasteiger partial charge on any atom is 0.128 e. The van der Waals surface area contributed by atoms with E-state index in [1.165, 1.54) is 6.07 Å². The van der Waals surface area contributed by atoms with E-state index in [0.29, 0.717) is 11.6 Å². The van der Waals surface area contributed by atoms with Gasteiger partial charge < -0.3 is 5.73 Å². The van der Waals surface area contributed by atoms with Gasteiger partial charge in [0, 0.05) is 5.69 Å². The molecule has 0 heterocycles. The Hall–Kier alpha value is -1.05. The molecule has 0 aromatic heterocycles. The van der Waals surface area contributed by atoms with E-state index < -0.39 is 0 Å². The van der Waals surface area contributed by atoms with Crippen LogP contribution in [0.3, 0.4) is 0 Å². The van der Waals surface area contributed by atoms with Crippen molar-refractivity contribution in [3.05, 3.63) is 29.1 Å². The van der Waals surface area contributed by atoms with Gasteiger partial charge in [0.15, 0.2) is 0 Å². The third kappa shape index (κ3) is 1.17. The smallest absolute Gasteiger partial charge is 0.128 e. The summed E-state index contributed by atoms with van der Waals surface area (Å²) in [4.78, 5) is 0. The fourth-order valence-corrected chi connectivity index (χ4v) is 1.67. The highest BCUT2D eigenvalue weighted by Crippen LogP contribution is 2.43. The molecule has 2 rings (SSSR count). The maximum absolute atomic E-state index is 13.3. The van der Waals surface area contributed by atoms with E-state index >= 15 is 0 Å². The number of hydrogen-bond donors (Lipinski definition) is 1. The van der Waals surface area contributed by atoms with Gasteiger partial charge in [0.1, 0.15) is 5.82 Å². The summed E-state index contributed by atoms with van der Waals surface area (Å²) in [7, 11) is 0. The Bertz CT molecular complexity index is 293. The quantitative estimate of drug-likeness (QED) is 0.636. The van der Waals surface area contributed by atoms with Crippen molar-refractivity contribution in [3.63, 3.8) is 0 Å². The summed E-state index contributed by atoms with van der Waals surface area (Å²) in [5.74, 6) is 0.334. The summed E-state index contributed by atoms with van der Waals surface area (Å²) in [6.45, 7) is 1.92. The molecule has 2 heteroatoms. The first kappa shape index (κ1) is 7.59. The van der Waals surface area contributed by atoms with Crippen molar-refractivity contribution in [3.8, 4) is 0 Å². The highest BCUT2D eigenvalue weighted by molar-refractivity contribution is 5.47. The van der Waals surface area contributed by atoms with Crippen LogP contribution >= 0.6 is 0 Å². The molecule has 2 N–H and O–H groups in total. The molecule has 0 unspecified atom stereocenters. The van der Waals surface area contributed by atoms with Gasteiger partial charge in [-0.15, -0.1) is 0 Å². The number of halogens is 1. The van der Waals surface area contributed by atoms with Crippen molar-refractivity contribution in [1.82, 2.24) is 0 Å². The van der Waals surface area contributed by atoms with Crippen molar-refractivity contribution in [1.29, 1.82) is 0 Å². The summed E-state index contributed by atoms with van der Waals surface area (Å²) in [5, 5.41) is 0. The fourth-order valence-electron chi connectivity index (χ4n) is 1.67. The van der Waals surface area contributed by atoms with E-state index in [1.54, 1.807) is 0 Å². The number of nitrogens with two attached hydrogens (primary N) is 1. The number of hydrogen-bond acceptors (Lipinski definition) is 1. The van der Waals surface area contributed by atoms with Crippen molar-refractivity contribution in [2.24, 2.45) is 0 Å². The minimum atomic E-state index is -0.130. The van der Waals surface area contributed by atoms with Crippen LogP contribution in [-0.2, 0) is 0 Å². The van der Waals surface area contributed by atoms with E-state index in [9.17, 15) is 4.39 Å². The third-order valence-corrected chi connectivity index (χ3v) is 2.34. The molecule has 0 spiro atoms. The van der Waals surface area contributed by atoms with Gasteiger partial charge in [-0.1, -0.05) is 0 Å². The number of benzene rings is 1. The summed E-state index contributed by atoms with van der Waals surface area (Å²) in [6, 6.07) is 3.26. The maximum atomic E-state index is 13.3. The second kappa shape index (κ2) is 2.47. The molecular formula is C10H12FN. The Morgan fingerprint density at radius 1 is 1.42 bits per heavy atom. The van der Waals surface area contributed by atoms with Crippen LogP contribution in [-0.4, -0.2) is 0 Å². The zero-order valence-electron chi connectivity index (χ0n) is 7.10. The van der Waals surface area contributed by atoms with E-state index in [4.69, 9.17) is 5.73 Å². The van der Waals surface area contributed by atoms with Crippen LogP contribution < -0.4 is 5.73 Å². The lowest BCUT2D eigenvalue weighted by Gasteiger charge is -2.06. The van der Waals surface area contributed by atoms with Gasteiger partial charge >= 0.3 is 0 Å². The molecule has 0 aliphatic heterocycles. The predicted molar refractivity (Wildman–Crippen MR) is 47.5 cm³/mol.